The van der Waals surface area contributed by atoms with Gasteiger partial charge in [-0.1, -0.05) is 12.1 Å². The summed E-state index contributed by atoms with van der Waals surface area (Å²) in [4.78, 5) is 25.1. The molecular formula is C15H14N4O. The Morgan fingerprint density at radius 2 is 2.10 bits per heavy atom. The molecule has 0 bridgehead atoms. The molecule has 1 amide bonds. The van der Waals surface area contributed by atoms with Crippen LogP contribution >= 0.6 is 0 Å². The summed E-state index contributed by atoms with van der Waals surface area (Å²) in [7, 11) is 3.48. The monoisotopic (exact) mass is 266 g/mol. The minimum atomic E-state index is -0.0194. The van der Waals surface area contributed by atoms with Crippen LogP contribution in [0.25, 0.3) is 22.2 Å². The normalized spacial score (nSPS) is 10.7. The summed E-state index contributed by atoms with van der Waals surface area (Å²) < 4.78 is 0. The van der Waals surface area contributed by atoms with Gasteiger partial charge in [-0.15, -0.1) is 0 Å². The topological polar surface area (TPSA) is 61.9 Å². The van der Waals surface area contributed by atoms with E-state index in [1.807, 2.05) is 24.3 Å². The van der Waals surface area contributed by atoms with Crippen LogP contribution in [0.15, 0.2) is 43.0 Å². The average molecular weight is 266 g/mol. The third-order valence-electron chi connectivity index (χ3n) is 3.16. The average Bonchev–Trinajstić information content (AvgIpc) is 2.94. The van der Waals surface area contributed by atoms with E-state index in [0.717, 1.165) is 22.2 Å². The molecule has 3 rings (SSSR count). The van der Waals surface area contributed by atoms with Crippen molar-refractivity contribution in [3.8, 4) is 11.1 Å². The summed E-state index contributed by atoms with van der Waals surface area (Å²) >= 11 is 0. The fraction of sp³-hybridized carbons (Fsp3) is 0.133. The molecule has 0 fully saturated rings. The number of aromatic amines is 1. The second kappa shape index (κ2) is 4.77. The molecular weight excluding hydrogens is 252 g/mol. The Kier molecular flexibility index (Phi) is 2.95. The number of H-pyrrole nitrogens is 1. The van der Waals surface area contributed by atoms with Gasteiger partial charge in [0.25, 0.3) is 5.91 Å². The second-order valence-corrected chi connectivity index (χ2v) is 4.77. The van der Waals surface area contributed by atoms with Crippen molar-refractivity contribution in [3.05, 3.63) is 48.5 Å². The van der Waals surface area contributed by atoms with Crippen molar-refractivity contribution < 1.29 is 4.79 Å². The summed E-state index contributed by atoms with van der Waals surface area (Å²) in [6, 6.07) is 7.51. The van der Waals surface area contributed by atoms with Crippen LogP contribution in [0.5, 0.6) is 0 Å². The second-order valence-electron chi connectivity index (χ2n) is 4.77. The highest BCUT2D eigenvalue weighted by molar-refractivity contribution is 5.97. The third-order valence-corrected chi connectivity index (χ3v) is 3.16. The van der Waals surface area contributed by atoms with E-state index >= 15 is 0 Å². The molecule has 3 aromatic rings. The molecule has 5 nitrogen and oxygen atoms in total. The molecule has 0 atom stereocenters. The zero-order valence-electron chi connectivity index (χ0n) is 11.3. The van der Waals surface area contributed by atoms with Crippen molar-refractivity contribution in [1.29, 1.82) is 0 Å². The lowest BCUT2D eigenvalue weighted by molar-refractivity contribution is 0.0827. The molecule has 100 valence electrons. The van der Waals surface area contributed by atoms with Crippen molar-refractivity contribution in [3.63, 3.8) is 0 Å². The summed E-state index contributed by atoms with van der Waals surface area (Å²) in [6.45, 7) is 0. The number of nitrogens with one attached hydrogen (secondary N) is 1. The molecule has 2 heterocycles. The maximum absolute atomic E-state index is 12.0. The first kappa shape index (κ1) is 12.3. The Bertz CT molecular complexity index is 776. The maximum Gasteiger partial charge on any atom is 0.253 e. The van der Waals surface area contributed by atoms with Crippen LogP contribution in [-0.4, -0.2) is 39.9 Å². The number of aromatic nitrogens is 3. The number of amides is 1. The van der Waals surface area contributed by atoms with Crippen LogP contribution in [0, 0.1) is 0 Å². The number of rotatable bonds is 2. The molecule has 0 spiro atoms. The third kappa shape index (κ3) is 2.03. The fourth-order valence-electron chi connectivity index (χ4n) is 2.15. The van der Waals surface area contributed by atoms with Gasteiger partial charge in [0.1, 0.15) is 0 Å². The first-order valence-electron chi connectivity index (χ1n) is 6.26. The molecule has 0 aliphatic carbocycles. The van der Waals surface area contributed by atoms with Gasteiger partial charge in [0.2, 0.25) is 0 Å². The van der Waals surface area contributed by atoms with Crippen LogP contribution in [0.4, 0.5) is 0 Å². The molecule has 0 unspecified atom stereocenters. The molecule has 1 N–H and O–H groups in total. The van der Waals surface area contributed by atoms with Crippen molar-refractivity contribution in [2.75, 3.05) is 14.1 Å². The van der Waals surface area contributed by atoms with Crippen LogP contribution in [0.3, 0.4) is 0 Å². The molecule has 0 saturated heterocycles. The molecule has 0 saturated carbocycles. The molecule has 20 heavy (non-hydrogen) atoms. The van der Waals surface area contributed by atoms with Crippen LogP contribution < -0.4 is 0 Å². The van der Waals surface area contributed by atoms with Gasteiger partial charge in [0.05, 0.1) is 23.6 Å². The summed E-state index contributed by atoms with van der Waals surface area (Å²) in [5.41, 5.74) is 4.24. The smallest absolute Gasteiger partial charge is 0.253 e. The Morgan fingerprint density at radius 1 is 1.25 bits per heavy atom. The van der Waals surface area contributed by atoms with E-state index < -0.39 is 0 Å². The number of carbonyl (C=O) groups is 1. The van der Waals surface area contributed by atoms with E-state index in [4.69, 9.17) is 0 Å². The maximum atomic E-state index is 12.0. The summed E-state index contributed by atoms with van der Waals surface area (Å²) in [5, 5.41) is 0. The summed E-state index contributed by atoms with van der Waals surface area (Å²) in [6.07, 6.45) is 5.15. The van der Waals surface area contributed by atoms with Gasteiger partial charge >= 0.3 is 0 Å². The van der Waals surface area contributed by atoms with Crippen LogP contribution in [0.2, 0.25) is 0 Å². The molecule has 2 aromatic heterocycles. The number of carbonyl (C=O) groups excluding carboxylic acids is 1. The number of pyridine rings is 1. The van der Waals surface area contributed by atoms with Gasteiger partial charge in [0.15, 0.2) is 0 Å². The highest BCUT2D eigenvalue weighted by Gasteiger charge is 2.11. The van der Waals surface area contributed by atoms with Gasteiger partial charge < -0.3 is 9.88 Å². The number of benzene rings is 1. The Labute approximate surface area is 116 Å². The standard InChI is InChI=1S/C15H14N4O/c1-19(2)15(20)11-5-3-4-10(6-11)12-7-16-8-13-14(12)18-9-17-13/h3-9H,1-2H3,(H,17,18). The number of hydrogen-bond acceptors (Lipinski definition) is 3. The number of nitrogens with zero attached hydrogens (tertiary/aromatic N) is 3. The van der Waals surface area contributed by atoms with Gasteiger partial charge in [-0.2, -0.15) is 0 Å². The van der Waals surface area contributed by atoms with Gasteiger partial charge in [-0.3, -0.25) is 9.78 Å². The van der Waals surface area contributed by atoms with E-state index in [1.54, 1.807) is 37.7 Å². The molecule has 5 heteroatoms. The van der Waals surface area contributed by atoms with Crippen molar-refractivity contribution in [1.82, 2.24) is 19.9 Å². The molecule has 1 aromatic carbocycles. The van der Waals surface area contributed by atoms with Crippen LogP contribution in [-0.2, 0) is 0 Å². The van der Waals surface area contributed by atoms with Gasteiger partial charge in [0, 0.05) is 31.4 Å². The van der Waals surface area contributed by atoms with Crippen molar-refractivity contribution in [2.24, 2.45) is 0 Å². The van der Waals surface area contributed by atoms with Crippen molar-refractivity contribution >= 4 is 16.9 Å². The van der Waals surface area contributed by atoms with Gasteiger partial charge in [-0.25, -0.2) is 4.98 Å². The lowest BCUT2D eigenvalue weighted by atomic mass is 10.0. The minimum absolute atomic E-state index is 0.0194. The number of hydrogen-bond donors (Lipinski definition) is 1. The van der Waals surface area contributed by atoms with E-state index in [-0.39, 0.29) is 5.91 Å². The SMILES string of the molecule is CN(C)C(=O)c1cccc(-c2cncc3[nH]cnc23)c1. The van der Waals surface area contributed by atoms with Crippen molar-refractivity contribution in [2.45, 2.75) is 0 Å². The van der Waals surface area contributed by atoms with Gasteiger partial charge in [-0.05, 0) is 17.7 Å². The minimum Gasteiger partial charge on any atom is -0.345 e. The predicted molar refractivity (Wildman–Crippen MR) is 77.3 cm³/mol. The largest absolute Gasteiger partial charge is 0.345 e. The fourth-order valence-corrected chi connectivity index (χ4v) is 2.15. The number of fused-ring (bicyclic) bond motifs is 1. The Morgan fingerprint density at radius 3 is 2.90 bits per heavy atom. The van der Waals surface area contributed by atoms with E-state index in [1.165, 1.54) is 0 Å². The summed E-state index contributed by atoms with van der Waals surface area (Å²) in [5.74, 6) is -0.0194. The van der Waals surface area contributed by atoms with E-state index in [2.05, 4.69) is 15.0 Å². The number of imidazole rings is 1. The van der Waals surface area contributed by atoms with E-state index in [0.29, 0.717) is 5.56 Å². The zero-order valence-corrected chi connectivity index (χ0v) is 11.3. The quantitative estimate of drug-likeness (QED) is 0.774. The highest BCUT2D eigenvalue weighted by Crippen LogP contribution is 2.26. The molecule has 0 aliphatic heterocycles. The predicted octanol–water partition coefficient (Wildman–Crippen LogP) is 2.33. The first-order valence-corrected chi connectivity index (χ1v) is 6.26. The first-order chi connectivity index (χ1) is 9.66. The molecule has 0 aliphatic rings. The zero-order chi connectivity index (χ0) is 14.1. The molecule has 0 radical (unpaired) electrons. The highest BCUT2D eigenvalue weighted by atomic mass is 16.2. The Balaban J connectivity index is 2.13. The lowest BCUT2D eigenvalue weighted by Crippen LogP contribution is -2.21. The van der Waals surface area contributed by atoms with Crippen LogP contribution in [0.1, 0.15) is 10.4 Å². The van der Waals surface area contributed by atoms with E-state index in [9.17, 15) is 4.79 Å². The lowest BCUT2D eigenvalue weighted by Gasteiger charge is -2.11. The Hall–Kier alpha value is -2.69.